The summed E-state index contributed by atoms with van der Waals surface area (Å²) in [6, 6.07) is 12.2. The third-order valence-electron chi connectivity index (χ3n) is 6.31. The Morgan fingerprint density at radius 3 is 2.81 bits per heavy atom. The van der Waals surface area contributed by atoms with Crippen LogP contribution in [0.15, 0.2) is 67.4 Å². The molecule has 6 nitrogen and oxygen atoms in total. The van der Waals surface area contributed by atoms with E-state index in [1.807, 2.05) is 39.8 Å². The summed E-state index contributed by atoms with van der Waals surface area (Å²) in [5, 5.41) is 9.04. The number of rotatable bonds is 4. The molecule has 0 spiro atoms. The third kappa shape index (κ3) is 3.44. The highest BCUT2D eigenvalue weighted by molar-refractivity contribution is 5.79. The maximum absolute atomic E-state index is 14.9. The highest BCUT2D eigenvalue weighted by Gasteiger charge is 2.17. The molecule has 1 saturated heterocycles. The molecule has 160 valence electrons. The molecule has 0 radical (unpaired) electrons. The lowest BCUT2D eigenvalue weighted by Crippen LogP contribution is -2.29. The van der Waals surface area contributed by atoms with E-state index < -0.39 is 0 Å². The van der Waals surface area contributed by atoms with E-state index in [4.69, 9.17) is 0 Å². The minimum atomic E-state index is -0.328. The first-order valence-corrected chi connectivity index (χ1v) is 11.0. The molecule has 5 aromatic rings. The number of hydrogen-bond donors (Lipinski definition) is 1. The second-order valence-electron chi connectivity index (χ2n) is 8.42. The minimum Gasteiger partial charge on any atom is -0.317 e. The number of nitrogens with zero attached hydrogens (tertiary/aromatic N) is 5. The fourth-order valence-corrected chi connectivity index (χ4v) is 4.59. The van der Waals surface area contributed by atoms with Crippen LogP contribution in [-0.4, -0.2) is 37.2 Å². The van der Waals surface area contributed by atoms with Crippen molar-refractivity contribution in [1.82, 2.24) is 29.5 Å². The van der Waals surface area contributed by atoms with Crippen LogP contribution in [0.2, 0.25) is 0 Å². The van der Waals surface area contributed by atoms with E-state index in [1.165, 1.54) is 0 Å². The van der Waals surface area contributed by atoms with Crippen LogP contribution >= 0.6 is 0 Å². The summed E-state index contributed by atoms with van der Waals surface area (Å²) in [4.78, 5) is 8.72. The smallest absolute Gasteiger partial charge is 0.173 e. The number of nitrogens with one attached hydrogen (secondary N) is 1. The van der Waals surface area contributed by atoms with Gasteiger partial charge in [-0.3, -0.25) is 9.67 Å². The number of imidazole rings is 1. The standard InChI is InChI=1S/C25H23FN6/c26-23-12-19(20-13-30-32(16-20)21-5-8-27-9-6-21)15-31-22(14-29-25(23)31)11-17-3-4-24-18(10-17)2-1-7-28-24/h1-4,7,10,12-16,21,27H,5-6,8-9,11H2. The van der Waals surface area contributed by atoms with Crippen LogP contribution in [0.1, 0.15) is 30.1 Å². The second-order valence-corrected chi connectivity index (χ2v) is 8.42. The van der Waals surface area contributed by atoms with Crippen LogP contribution in [0.3, 0.4) is 0 Å². The lowest BCUT2D eigenvalue weighted by atomic mass is 10.1. The van der Waals surface area contributed by atoms with Gasteiger partial charge in [-0.25, -0.2) is 9.37 Å². The topological polar surface area (TPSA) is 60.0 Å². The molecular formula is C25H23FN6. The summed E-state index contributed by atoms with van der Waals surface area (Å²) in [6.45, 7) is 2.01. The van der Waals surface area contributed by atoms with Crippen molar-refractivity contribution in [3.63, 3.8) is 0 Å². The molecule has 1 aromatic carbocycles. The van der Waals surface area contributed by atoms with Gasteiger partial charge in [0.15, 0.2) is 11.5 Å². The van der Waals surface area contributed by atoms with Crippen LogP contribution in [-0.2, 0) is 6.42 Å². The largest absolute Gasteiger partial charge is 0.317 e. The van der Waals surface area contributed by atoms with Crippen molar-refractivity contribution in [2.24, 2.45) is 0 Å². The predicted octanol–water partition coefficient (Wildman–Crippen LogP) is 4.40. The van der Waals surface area contributed by atoms with E-state index >= 15 is 0 Å². The van der Waals surface area contributed by atoms with E-state index in [0.29, 0.717) is 18.1 Å². The van der Waals surface area contributed by atoms with Gasteiger partial charge in [0.05, 0.1) is 17.8 Å². The van der Waals surface area contributed by atoms with Crippen LogP contribution in [0, 0.1) is 5.82 Å². The molecule has 0 bridgehead atoms. The average molecular weight is 426 g/mol. The van der Waals surface area contributed by atoms with Gasteiger partial charge in [0.2, 0.25) is 0 Å². The zero-order valence-corrected chi connectivity index (χ0v) is 17.6. The van der Waals surface area contributed by atoms with Gasteiger partial charge in [-0.2, -0.15) is 5.10 Å². The van der Waals surface area contributed by atoms with Crippen molar-refractivity contribution in [3.8, 4) is 11.1 Å². The van der Waals surface area contributed by atoms with Crippen LogP contribution in [0.5, 0.6) is 0 Å². The molecule has 0 amide bonds. The Hall–Kier alpha value is -3.58. The van der Waals surface area contributed by atoms with Gasteiger partial charge >= 0.3 is 0 Å². The molecule has 0 saturated carbocycles. The normalized spacial score (nSPS) is 15.0. The maximum Gasteiger partial charge on any atom is 0.173 e. The van der Waals surface area contributed by atoms with Crippen molar-refractivity contribution in [1.29, 1.82) is 0 Å². The first-order chi connectivity index (χ1) is 15.7. The molecule has 6 rings (SSSR count). The Bertz CT molecular complexity index is 1410. The monoisotopic (exact) mass is 426 g/mol. The fraction of sp³-hybridized carbons (Fsp3) is 0.240. The molecule has 0 unspecified atom stereocenters. The number of benzene rings is 1. The fourth-order valence-electron chi connectivity index (χ4n) is 4.59. The van der Waals surface area contributed by atoms with Gasteiger partial charge in [-0.05, 0) is 55.8 Å². The summed E-state index contributed by atoms with van der Waals surface area (Å²) in [7, 11) is 0. The third-order valence-corrected chi connectivity index (χ3v) is 6.31. The molecule has 1 N–H and O–H groups in total. The van der Waals surface area contributed by atoms with E-state index in [-0.39, 0.29) is 5.82 Å². The molecule has 0 aliphatic carbocycles. The SMILES string of the molecule is Fc1cc(-c2cnn(C3CCNCC3)c2)cn2c(Cc3ccc4ncccc4c3)cnc12. The van der Waals surface area contributed by atoms with Gasteiger partial charge < -0.3 is 9.72 Å². The van der Waals surface area contributed by atoms with Gasteiger partial charge in [0.25, 0.3) is 0 Å². The lowest BCUT2D eigenvalue weighted by Gasteiger charge is -2.22. The zero-order chi connectivity index (χ0) is 21.5. The Kier molecular flexibility index (Phi) is 4.69. The quantitative estimate of drug-likeness (QED) is 0.463. The van der Waals surface area contributed by atoms with Gasteiger partial charge in [-0.15, -0.1) is 0 Å². The van der Waals surface area contributed by atoms with E-state index in [0.717, 1.165) is 59.2 Å². The molecule has 1 aliphatic heterocycles. The van der Waals surface area contributed by atoms with Crippen molar-refractivity contribution >= 4 is 16.6 Å². The van der Waals surface area contributed by atoms with Gasteiger partial charge in [0, 0.05) is 53.4 Å². The molecule has 0 atom stereocenters. The second kappa shape index (κ2) is 7.84. The van der Waals surface area contributed by atoms with E-state index in [2.05, 4.69) is 38.6 Å². The highest BCUT2D eigenvalue weighted by atomic mass is 19.1. The molecule has 32 heavy (non-hydrogen) atoms. The Morgan fingerprint density at radius 1 is 1.00 bits per heavy atom. The highest BCUT2D eigenvalue weighted by Crippen LogP contribution is 2.26. The van der Waals surface area contributed by atoms with Crippen molar-refractivity contribution in [2.45, 2.75) is 25.3 Å². The Balaban J connectivity index is 1.35. The van der Waals surface area contributed by atoms with Crippen molar-refractivity contribution < 1.29 is 4.39 Å². The molecule has 1 fully saturated rings. The zero-order valence-electron chi connectivity index (χ0n) is 17.6. The maximum atomic E-state index is 14.9. The van der Waals surface area contributed by atoms with E-state index in [9.17, 15) is 4.39 Å². The summed E-state index contributed by atoms with van der Waals surface area (Å²) in [5.41, 5.74) is 5.11. The number of fused-ring (bicyclic) bond motifs is 2. The number of hydrogen-bond acceptors (Lipinski definition) is 4. The number of halogens is 1. The summed E-state index contributed by atoms with van der Waals surface area (Å²) in [6.07, 6.45) is 12.1. The van der Waals surface area contributed by atoms with Crippen LogP contribution < -0.4 is 5.32 Å². The molecule has 5 heterocycles. The summed E-state index contributed by atoms with van der Waals surface area (Å²) in [5.74, 6) is -0.328. The van der Waals surface area contributed by atoms with Crippen molar-refractivity contribution in [3.05, 3.63) is 84.5 Å². The minimum absolute atomic E-state index is 0.328. The Morgan fingerprint density at radius 2 is 1.91 bits per heavy atom. The number of pyridine rings is 2. The summed E-state index contributed by atoms with van der Waals surface area (Å²) >= 11 is 0. The Labute approximate surface area is 184 Å². The first kappa shape index (κ1) is 19.1. The number of aromatic nitrogens is 5. The lowest BCUT2D eigenvalue weighted by molar-refractivity contribution is 0.343. The molecule has 7 heteroatoms. The van der Waals surface area contributed by atoms with Crippen LogP contribution in [0.4, 0.5) is 4.39 Å². The number of piperidine rings is 1. The molecule has 1 aliphatic rings. The van der Waals surface area contributed by atoms with Crippen molar-refractivity contribution in [2.75, 3.05) is 13.1 Å². The first-order valence-electron chi connectivity index (χ1n) is 11.0. The van der Waals surface area contributed by atoms with Gasteiger partial charge in [-0.1, -0.05) is 12.1 Å². The van der Waals surface area contributed by atoms with Gasteiger partial charge in [0.1, 0.15) is 0 Å². The summed E-state index contributed by atoms with van der Waals surface area (Å²) < 4.78 is 18.8. The predicted molar refractivity (Wildman–Crippen MR) is 122 cm³/mol. The molecular weight excluding hydrogens is 403 g/mol. The van der Waals surface area contributed by atoms with E-state index in [1.54, 1.807) is 18.5 Å². The average Bonchev–Trinajstić information content (AvgIpc) is 3.48. The van der Waals surface area contributed by atoms with Crippen LogP contribution in [0.25, 0.3) is 27.7 Å². The molecule has 4 aromatic heterocycles.